The van der Waals surface area contributed by atoms with Crippen LogP contribution in [0.2, 0.25) is 19.6 Å². The Morgan fingerprint density at radius 2 is 2.00 bits per heavy atom. The van der Waals surface area contributed by atoms with Gasteiger partial charge in [-0.25, -0.2) is 0 Å². The van der Waals surface area contributed by atoms with Crippen LogP contribution in [-0.4, -0.2) is 13.9 Å². The molecule has 0 saturated carbocycles. The molecule has 0 amide bonds. The highest BCUT2D eigenvalue weighted by atomic mass is 28.3. The number of allylic oxidation sites excluding steroid dienone is 2. The molecule has 0 spiro atoms. The van der Waals surface area contributed by atoms with Gasteiger partial charge >= 0.3 is 0 Å². The first-order valence-corrected chi connectivity index (χ1v) is 10.3. The summed E-state index contributed by atoms with van der Waals surface area (Å²) < 4.78 is 0. The second kappa shape index (κ2) is 5.76. The second-order valence-corrected chi connectivity index (χ2v) is 11.6. The molecule has 0 fully saturated rings. The topological polar surface area (TPSA) is 40.9 Å². The van der Waals surface area contributed by atoms with Crippen molar-refractivity contribution in [3.05, 3.63) is 12.2 Å². The third-order valence-electron chi connectivity index (χ3n) is 3.52. The van der Waals surface area contributed by atoms with E-state index in [2.05, 4.69) is 51.0 Å². The van der Waals surface area contributed by atoms with Crippen LogP contribution >= 0.6 is 0 Å². The number of nitriles is 1. The zero-order valence-corrected chi connectivity index (χ0v) is 13.6. The average molecular weight is 273 g/mol. The Hall–Kier alpha value is -1.32. The molecular weight excluding hydrogens is 250 g/mol. The van der Waals surface area contributed by atoms with E-state index in [1.54, 1.807) is 6.08 Å². The van der Waals surface area contributed by atoms with E-state index in [1.807, 2.05) is 6.08 Å². The molecular formula is C16H23NOSi. The lowest BCUT2D eigenvalue weighted by molar-refractivity contribution is -0.120. The highest BCUT2D eigenvalue weighted by Gasteiger charge is 2.39. The molecule has 0 bridgehead atoms. The van der Waals surface area contributed by atoms with Crippen LogP contribution < -0.4 is 0 Å². The van der Waals surface area contributed by atoms with Gasteiger partial charge in [-0.15, -0.1) is 11.5 Å². The van der Waals surface area contributed by atoms with Gasteiger partial charge in [0.05, 0.1) is 6.07 Å². The first kappa shape index (κ1) is 15.7. The Balaban J connectivity index is 2.79. The largest absolute Gasteiger partial charge is 0.293 e. The summed E-state index contributed by atoms with van der Waals surface area (Å²) in [4.78, 5) is 11.8. The summed E-state index contributed by atoms with van der Waals surface area (Å²) in [5.74, 6) is 2.75. The van der Waals surface area contributed by atoms with Crippen LogP contribution in [0.4, 0.5) is 0 Å². The molecule has 2 nitrogen and oxygen atoms in total. The molecule has 0 N–H and O–H groups in total. The zero-order chi connectivity index (χ0) is 14.7. The molecule has 0 aromatic heterocycles. The van der Waals surface area contributed by atoms with E-state index in [1.165, 1.54) is 0 Å². The fourth-order valence-electron chi connectivity index (χ4n) is 2.40. The van der Waals surface area contributed by atoms with Gasteiger partial charge in [0.15, 0.2) is 5.78 Å². The average Bonchev–Trinajstić information content (AvgIpc) is 2.27. The third kappa shape index (κ3) is 4.37. The number of carbonyl (C=O) groups is 1. The van der Waals surface area contributed by atoms with Gasteiger partial charge in [0.25, 0.3) is 0 Å². The zero-order valence-electron chi connectivity index (χ0n) is 12.6. The number of hydrogen-bond acceptors (Lipinski definition) is 2. The van der Waals surface area contributed by atoms with Gasteiger partial charge in [-0.05, 0) is 23.8 Å². The molecule has 3 heteroatoms. The lowest BCUT2D eigenvalue weighted by atomic mass is 9.65. The monoisotopic (exact) mass is 273 g/mol. The highest BCUT2D eigenvalue weighted by Crippen LogP contribution is 2.40. The van der Waals surface area contributed by atoms with Crippen molar-refractivity contribution in [2.24, 2.45) is 17.3 Å². The van der Waals surface area contributed by atoms with Gasteiger partial charge in [-0.1, -0.05) is 39.6 Å². The quantitative estimate of drug-likeness (QED) is 0.570. The molecule has 0 unspecified atom stereocenters. The van der Waals surface area contributed by atoms with E-state index in [-0.39, 0.29) is 17.1 Å². The number of hydrogen-bond donors (Lipinski definition) is 0. The molecule has 1 aliphatic carbocycles. The number of rotatable bonds is 2. The number of carbonyl (C=O) groups excluding carboxylic acids is 1. The van der Waals surface area contributed by atoms with Crippen molar-refractivity contribution in [3.8, 4) is 17.5 Å². The Labute approximate surface area is 117 Å². The minimum Gasteiger partial charge on any atom is -0.293 e. The SMILES string of the molecule is CC1(C)C=CC(=O)[C@@H](C#N)[C@H]1CCC#C[Si](C)(C)C. The summed E-state index contributed by atoms with van der Waals surface area (Å²) >= 11 is 0. The molecule has 0 radical (unpaired) electrons. The van der Waals surface area contributed by atoms with Crippen molar-refractivity contribution < 1.29 is 4.79 Å². The van der Waals surface area contributed by atoms with Crippen molar-refractivity contribution in [1.82, 2.24) is 0 Å². The van der Waals surface area contributed by atoms with Gasteiger partial charge in [-0.2, -0.15) is 5.26 Å². The summed E-state index contributed by atoms with van der Waals surface area (Å²) in [6, 6.07) is 2.18. The van der Waals surface area contributed by atoms with Crippen molar-refractivity contribution >= 4 is 13.9 Å². The second-order valence-electron chi connectivity index (χ2n) is 6.86. The summed E-state index contributed by atoms with van der Waals surface area (Å²) in [6.45, 7) is 10.8. The summed E-state index contributed by atoms with van der Waals surface area (Å²) in [6.07, 6.45) is 5.11. The van der Waals surface area contributed by atoms with Gasteiger partial charge in [-0.3, -0.25) is 4.79 Å². The lowest BCUT2D eigenvalue weighted by Crippen LogP contribution is -2.36. The van der Waals surface area contributed by atoms with Gasteiger partial charge in [0.1, 0.15) is 14.0 Å². The van der Waals surface area contributed by atoms with Gasteiger partial charge < -0.3 is 0 Å². The molecule has 19 heavy (non-hydrogen) atoms. The molecule has 0 heterocycles. The maximum Gasteiger partial charge on any atom is 0.172 e. The summed E-state index contributed by atoms with van der Waals surface area (Å²) in [5.41, 5.74) is 3.23. The Bertz CT molecular complexity index is 480. The molecule has 0 aliphatic heterocycles. The van der Waals surface area contributed by atoms with E-state index in [0.29, 0.717) is 0 Å². The predicted octanol–water partition coefficient (Wildman–Crippen LogP) is 3.57. The van der Waals surface area contributed by atoms with Crippen LogP contribution in [0.25, 0.3) is 0 Å². The molecule has 1 aliphatic rings. The Morgan fingerprint density at radius 3 is 2.53 bits per heavy atom. The number of nitrogens with zero attached hydrogens (tertiary/aromatic N) is 1. The molecule has 2 atom stereocenters. The van der Waals surface area contributed by atoms with Crippen LogP contribution in [0.15, 0.2) is 12.2 Å². The van der Waals surface area contributed by atoms with Gasteiger partial charge in [0.2, 0.25) is 0 Å². The third-order valence-corrected chi connectivity index (χ3v) is 4.45. The fourth-order valence-corrected chi connectivity index (χ4v) is 3.05. The van der Waals surface area contributed by atoms with E-state index in [0.717, 1.165) is 12.8 Å². The van der Waals surface area contributed by atoms with Gasteiger partial charge in [0, 0.05) is 6.42 Å². The molecule has 0 saturated heterocycles. The lowest BCUT2D eigenvalue weighted by Gasteiger charge is -2.36. The predicted molar refractivity (Wildman–Crippen MR) is 80.9 cm³/mol. The molecule has 1 rings (SSSR count). The maximum atomic E-state index is 11.8. The first-order chi connectivity index (χ1) is 8.67. The molecule has 0 aromatic carbocycles. The standard InChI is InChI=1S/C16H23NOSi/c1-16(2)10-9-15(18)13(12-17)14(16)8-6-7-11-19(3,4)5/h9-10,13-14H,6,8H2,1-5H3/t13-,14+/m0/s1. The Morgan fingerprint density at radius 1 is 1.37 bits per heavy atom. The van der Waals surface area contributed by atoms with Crippen LogP contribution in [0.5, 0.6) is 0 Å². The first-order valence-electron chi connectivity index (χ1n) is 6.80. The van der Waals surface area contributed by atoms with Crippen LogP contribution in [0.1, 0.15) is 26.7 Å². The number of ketones is 1. The smallest absolute Gasteiger partial charge is 0.172 e. The van der Waals surface area contributed by atoms with Crippen LogP contribution in [0.3, 0.4) is 0 Å². The highest BCUT2D eigenvalue weighted by molar-refractivity contribution is 6.83. The van der Waals surface area contributed by atoms with E-state index in [4.69, 9.17) is 0 Å². The Kier molecular flexibility index (Phi) is 4.77. The molecule has 0 aromatic rings. The summed E-state index contributed by atoms with van der Waals surface area (Å²) in [7, 11) is -1.33. The van der Waals surface area contributed by atoms with Crippen molar-refractivity contribution in [2.75, 3.05) is 0 Å². The van der Waals surface area contributed by atoms with Crippen molar-refractivity contribution in [2.45, 2.75) is 46.3 Å². The van der Waals surface area contributed by atoms with Crippen LogP contribution in [-0.2, 0) is 4.79 Å². The minimum absolute atomic E-state index is 0.0509. The van der Waals surface area contributed by atoms with E-state index < -0.39 is 14.0 Å². The van der Waals surface area contributed by atoms with Crippen molar-refractivity contribution in [3.63, 3.8) is 0 Å². The molecule has 102 valence electrons. The normalized spacial score (nSPS) is 25.4. The fraction of sp³-hybridized carbons (Fsp3) is 0.625. The summed E-state index contributed by atoms with van der Waals surface area (Å²) in [5, 5.41) is 9.22. The van der Waals surface area contributed by atoms with Crippen LogP contribution in [0, 0.1) is 40.0 Å². The minimum atomic E-state index is -1.33. The van der Waals surface area contributed by atoms with E-state index >= 15 is 0 Å². The van der Waals surface area contributed by atoms with E-state index in [9.17, 15) is 10.1 Å². The van der Waals surface area contributed by atoms with Crippen molar-refractivity contribution in [1.29, 1.82) is 5.26 Å². The maximum absolute atomic E-state index is 11.8.